The van der Waals surface area contributed by atoms with E-state index in [4.69, 9.17) is 14.2 Å². The average molecular weight is 383 g/mol. The number of hydrogen-bond donors (Lipinski definition) is 1. The Kier molecular flexibility index (Phi) is 5.78. The first-order valence-corrected chi connectivity index (χ1v) is 8.58. The predicted molar refractivity (Wildman–Crippen MR) is 102 cm³/mol. The molecule has 3 aromatic rings. The lowest BCUT2D eigenvalue weighted by atomic mass is 10.2. The molecule has 146 valence electrons. The van der Waals surface area contributed by atoms with E-state index in [0.717, 1.165) is 11.0 Å². The molecule has 2 aromatic carbocycles. The maximum atomic E-state index is 12.6. The maximum Gasteiger partial charge on any atom is 0.325 e. The van der Waals surface area contributed by atoms with Crippen molar-refractivity contribution in [2.75, 3.05) is 21.3 Å². The van der Waals surface area contributed by atoms with Crippen molar-refractivity contribution in [3.63, 3.8) is 0 Å². The molecule has 1 aromatic heterocycles. The fourth-order valence-corrected chi connectivity index (χ4v) is 2.87. The summed E-state index contributed by atoms with van der Waals surface area (Å²) in [5.41, 5.74) is 1.96. The average Bonchev–Trinajstić information content (AvgIpc) is 3.08. The molecule has 1 amide bonds. The number of methoxy groups -OCH3 is 3. The SMILES string of the molecule is COC(=O)Cn1c(CNC(=O)c2ccc(OC)c(OC)c2)nc2ccccc21. The summed E-state index contributed by atoms with van der Waals surface area (Å²) in [6, 6.07) is 12.4. The van der Waals surface area contributed by atoms with Crippen molar-refractivity contribution in [2.45, 2.75) is 13.1 Å². The van der Waals surface area contributed by atoms with Gasteiger partial charge in [0, 0.05) is 5.56 Å². The van der Waals surface area contributed by atoms with Crippen LogP contribution in [0.25, 0.3) is 11.0 Å². The Balaban J connectivity index is 1.82. The fourth-order valence-electron chi connectivity index (χ4n) is 2.87. The summed E-state index contributed by atoms with van der Waals surface area (Å²) in [5.74, 6) is 0.876. The second kappa shape index (κ2) is 8.43. The summed E-state index contributed by atoms with van der Waals surface area (Å²) in [4.78, 5) is 28.9. The van der Waals surface area contributed by atoms with Gasteiger partial charge in [-0.3, -0.25) is 9.59 Å². The van der Waals surface area contributed by atoms with Crippen LogP contribution in [0, 0.1) is 0 Å². The Bertz CT molecular complexity index is 1010. The minimum absolute atomic E-state index is 0.0125. The van der Waals surface area contributed by atoms with E-state index in [1.54, 1.807) is 22.8 Å². The number of imidazole rings is 1. The smallest absolute Gasteiger partial charge is 0.325 e. The number of ether oxygens (including phenoxy) is 3. The number of rotatable bonds is 7. The molecule has 0 spiro atoms. The zero-order chi connectivity index (χ0) is 20.1. The van der Waals surface area contributed by atoms with Crippen molar-refractivity contribution < 1.29 is 23.8 Å². The number of esters is 1. The molecule has 0 saturated carbocycles. The lowest BCUT2D eigenvalue weighted by Gasteiger charge is -2.11. The van der Waals surface area contributed by atoms with E-state index >= 15 is 0 Å². The number of benzene rings is 2. The van der Waals surface area contributed by atoms with E-state index < -0.39 is 5.97 Å². The van der Waals surface area contributed by atoms with E-state index in [2.05, 4.69) is 10.3 Å². The summed E-state index contributed by atoms with van der Waals surface area (Å²) in [5, 5.41) is 2.83. The fraction of sp³-hybridized carbons (Fsp3) is 0.250. The topological polar surface area (TPSA) is 91.7 Å². The Morgan fingerprint density at radius 3 is 2.50 bits per heavy atom. The molecule has 0 fully saturated rings. The Hall–Kier alpha value is -3.55. The molecule has 0 aliphatic rings. The van der Waals surface area contributed by atoms with Crippen LogP contribution in [0.4, 0.5) is 0 Å². The highest BCUT2D eigenvalue weighted by Crippen LogP contribution is 2.27. The Labute approximate surface area is 162 Å². The van der Waals surface area contributed by atoms with Gasteiger partial charge in [0.15, 0.2) is 11.5 Å². The van der Waals surface area contributed by atoms with Crippen molar-refractivity contribution in [3.8, 4) is 11.5 Å². The van der Waals surface area contributed by atoms with Gasteiger partial charge in [0.2, 0.25) is 0 Å². The molecule has 0 atom stereocenters. The molecule has 28 heavy (non-hydrogen) atoms. The molecule has 0 bridgehead atoms. The number of nitrogens with zero attached hydrogens (tertiary/aromatic N) is 2. The number of nitrogens with one attached hydrogen (secondary N) is 1. The normalized spacial score (nSPS) is 10.5. The largest absolute Gasteiger partial charge is 0.493 e. The first kappa shape index (κ1) is 19.2. The van der Waals surface area contributed by atoms with Crippen molar-refractivity contribution in [3.05, 3.63) is 53.9 Å². The predicted octanol–water partition coefficient (Wildman–Crippen LogP) is 2.16. The Morgan fingerprint density at radius 1 is 1.04 bits per heavy atom. The van der Waals surface area contributed by atoms with Gasteiger partial charge in [-0.15, -0.1) is 0 Å². The van der Waals surface area contributed by atoms with Crippen LogP contribution in [-0.4, -0.2) is 42.8 Å². The lowest BCUT2D eigenvalue weighted by molar-refractivity contribution is -0.141. The number of amides is 1. The molecule has 1 heterocycles. The number of fused-ring (bicyclic) bond motifs is 1. The number of carbonyl (C=O) groups excluding carboxylic acids is 2. The zero-order valence-corrected chi connectivity index (χ0v) is 15.9. The second-order valence-electron chi connectivity index (χ2n) is 5.93. The third kappa shape index (κ3) is 3.90. The van der Waals surface area contributed by atoms with Crippen LogP contribution < -0.4 is 14.8 Å². The quantitative estimate of drug-likeness (QED) is 0.629. The van der Waals surface area contributed by atoms with Gasteiger partial charge in [0.1, 0.15) is 12.4 Å². The molecule has 0 aliphatic heterocycles. The summed E-state index contributed by atoms with van der Waals surface area (Å²) in [6.07, 6.45) is 0. The first-order valence-electron chi connectivity index (χ1n) is 8.58. The molecular weight excluding hydrogens is 362 g/mol. The van der Waals surface area contributed by atoms with Gasteiger partial charge < -0.3 is 24.1 Å². The lowest BCUT2D eigenvalue weighted by Crippen LogP contribution is -2.25. The van der Waals surface area contributed by atoms with Gasteiger partial charge in [-0.05, 0) is 30.3 Å². The maximum absolute atomic E-state index is 12.6. The van der Waals surface area contributed by atoms with E-state index in [1.165, 1.54) is 21.3 Å². The third-order valence-electron chi connectivity index (χ3n) is 4.30. The summed E-state index contributed by atoms with van der Waals surface area (Å²) in [7, 11) is 4.37. The number of carbonyl (C=O) groups is 2. The van der Waals surface area contributed by atoms with Gasteiger partial charge in [-0.2, -0.15) is 0 Å². The molecule has 3 rings (SSSR count). The second-order valence-corrected chi connectivity index (χ2v) is 5.93. The Morgan fingerprint density at radius 2 is 1.79 bits per heavy atom. The summed E-state index contributed by atoms with van der Waals surface area (Å²) < 4.78 is 16.9. The van der Waals surface area contributed by atoms with Gasteiger partial charge in [0.05, 0.1) is 38.9 Å². The zero-order valence-electron chi connectivity index (χ0n) is 15.9. The van der Waals surface area contributed by atoms with Crippen LogP contribution in [0.2, 0.25) is 0 Å². The molecule has 0 radical (unpaired) electrons. The monoisotopic (exact) mass is 383 g/mol. The number of aromatic nitrogens is 2. The number of hydrogen-bond acceptors (Lipinski definition) is 6. The van der Waals surface area contributed by atoms with Crippen molar-refractivity contribution >= 4 is 22.9 Å². The molecule has 8 heteroatoms. The highest BCUT2D eigenvalue weighted by Gasteiger charge is 2.16. The van der Waals surface area contributed by atoms with E-state index in [1.807, 2.05) is 24.3 Å². The molecule has 8 nitrogen and oxygen atoms in total. The van der Waals surface area contributed by atoms with Crippen molar-refractivity contribution in [1.82, 2.24) is 14.9 Å². The van der Waals surface area contributed by atoms with Gasteiger partial charge in [-0.1, -0.05) is 12.1 Å². The standard InChI is InChI=1S/C20H21N3O5/c1-26-16-9-8-13(10-17(16)27-2)20(25)21-11-18-22-14-6-4-5-7-15(14)23(18)12-19(24)28-3/h4-10H,11-12H2,1-3H3,(H,21,25). The summed E-state index contributed by atoms with van der Waals surface area (Å²) >= 11 is 0. The minimum Gasteiger partial charge on any atom is -0.493 e. The minimum atomic E-state index is -0.393. The molecule has 1 N–H and O–H groups in total. The van der Waals surface area contributed by atoms with Crippen LogP contribution in [0.3, 0.4) is 0 Å². The van der Waals surface area contributed by atoms with E-state index in [9.17, 15) is 9.59 Å². The van der Waals surface area contributed by atoms with E-state index in [-0.39, 0.29) is 19.0 Å². The molecule has 0 aliphatic carbocycles. The van der Waals surface area contributed by atoms with Crippen molar-refractivity contribution in [1.29, 1.82) is 0 Å². The van der Waals surface area contributed by atoms with Gasteiger partial charge in [0.25, 0.3) is 5.91 Å². The molecular formula is C20H21N3O5. The van der Waals surface area contributed by atoms with E-state index in [0.29, 0.717) is 22.9 Å². The van der Waals surface area contributed by atoms with Gasteiger partial charge >= 0.3 is 5.97 Å². The van der Waals surface area contributed by atoms with Gasteiger partial charge in [-0.25, -0.2) is 4.98 Å². The summed E-state index contributed by atoms with van der Waals surface area (Å²) in [6.45, 7) is 0.164. The molecule has 0 saturated heterocycles. The van der Waals surface area contributed by atoms with Crippen LogP contribution in [0.15, 0.2) is 42.5 Å². The third-order valence-corrected chi connectivity index (χ3v) is 4.30. The van der Waals surface area contributed by atoms with Crippen molar-refractivity contribution in [2.24, 2.45) is 0 Å². The molecule has 0 unspecified atom stereocenters. The highest BCUT2D eigenvalue weighted by molar-refractivity contribution is 5.94. The van der Waals surface area contributed by atoms with Crippen LogP contribution in [0.5, 0.6) is 11.5 Å². The van der Waals surface area contributed by atoms with Crippen LogP contribution in [-0.2, 0) is 22.6 Å². The highest BCUT2D eigenvalue weighted by atomic mass is 16.5. The first-order chi connectivity index (χ1) is 13.6. The van der Waals surface area contributed by atoms with Crippen LogP contribution >= 0.6 is 0 Å². The number of para-hydroxylation sites is 2. The van der Waals surface area contributed by atoms with Crippen LogP contribution in [0.1, 0.15) is 16.2 Å².